The average molecular weight is 269 g/mol. The molecule has 0 amide bonds. The van der Waals surface area contributed by atoms with Crippen LogP contribution in [0.25, 0.3) is 16.9 Å². The highest BCUT2D eigenvalue weighted by Crippen LogP contribution is 2.31. The smallest absolute Gasteiger partial charge is 0.209 e. The lowest BCUT2D eigenvalue weighted by Gasteiger charge is -2.00. The molecule has 0 fully saturated rings. The molecule has 2 aromatic heterocycles. The summed E-state index contributed by atoms with van der Waals surface area (Å²) < 4.78 is 14.6. The number of benzene rings is 1. The van der Waals surface area contributed by atoms with Gasteiger partial charge in [-0.15, -0.1) is 4.91 Å². The van der Waals surface area contributed by atoms with Crippen molar-refractivity contribution in [1.29, 1.82) is 0 Å². The lowest BCUT2D eigenvalue weighted by atomic mass is 10.1. The SMILES string of the molecule is CCc1ccc(-c2nc3ccc(F)cn3c2N=O)cc1. The van der Waals surface area contributed by atoms with E-state index in [1.54, 1.807) is 0 Å². The fraction of sp³-hybridized carbons (Fsp3) is 0.133. The summed E-state index contributed by atoms with van der Waals surface area (Å²) in [5.74, 6) is -0.323. The van der Waals surface area contributed by atoms with Crippen LogP contribution in [0.15, 0.2) is 47.8 Å². The first kappa shape index (κ1) is 12.5. The van der Waals surface area contributed by atoms with E-state index >= 15 is 0 Å². The maximum atomic E-state index is 13.3. The Labute approximate surface area is 114 Å². The molecule has 1 aromatic carbocycles. The maximum absolute atomic E-state index is 13.3. The molecule has 0 saturated carbocycles. The summed E-state index contributed by atoms with van der Waals surface area (Å²) in [4.78, 5) is 15.4. The molecule has 0 atom stereocenters. The first-order valence-corrected chi connectivity index (χ1v) is 6.33. The van der Waals surface area contributed by atoms with Crippen molar-refractivity contribution in [1.82, 2.24) is 9.38 Å². The van der Waals surface area contributed by atoms with Crippen LogP contribution < -0.4 is 0 Å². The van der Waals surface area contributed by atoms with Gasteiger partial charge in [-0.3, -0.25) is 4.40 Å². The Morgan fingerprint density at radius 3 is 2.60 bits per heavy atom. The van der Waals surface area contributed by atoms with Crippen molar-refractivity contribution in [3.8, 4) is 11.3 Å². The van der Waals surface area contributed by atoms with Gasteiger partial charge in [0.15, 0.2) is 0 Å². The van der Waals surface area contributed by atoms with Crippen molar-refractivity contribution in [2.45, 2.75) is 13.3 Å². The Balaban J connectivity index is 2.21. The largest absolute Gasteiger partial charge is 0.278 e. The van der Waals surface area contributed by atoms with E-state index in [2.05, 4.69) is 17.1 Å². The molecular weight excluding hydrogens is 257 g/mol. The maximum Gasteiger partial charge on any atom is 0.209 e. The molecule has 5 heteroatoms. The molecule has 0 aliphatic heterocycles. The normalized spacial score (nSPS) is 10.9. The van der Waals surface area contributed by atoms with Gasteiger partial charge in [0.1, 0.15) is 17.2 Å². The summed E-state index contributed by atoms with van der Waals surface area (Å²) in [5, 5.41) is 3.00. The number of pyridine rings is 1. The van der Waals surface area contributed by atoms with Gasteiger partial charge >= 0.3 is 0 Å². The number of hydrogen-bond acceptors (Lipinski definition) is 3. The standard InChI is InChI=1S/C15H12FN3O/c1-2-10-3-5-11(6-4-10)14-15(18-20)19-9-12(16)7-8-13(19)17-14/h3-9H,2H2,1H3. The molecule has 0 aliphatic rings. The van der Waals surface area contributed by atoms with Gasteiger partial charge in [-0.25, -0.2) is 9.37 Å². The van der Waals surface area contributed by atoms with Crippen LogP contribution in [0.4, 0.5) is 10.2 Å². The van der Waals surface area contributed by atoms with E-state index in [4.69, 9.17) is 0 Å². The molecule has 2 heterocycles. The fourth-order valence-electron chi connectivity index (χ4n) is 2.19. The fourth-order valence-corrected chi connectivity index (χ4v) is 2.19. The molecule has 0 saturated heterocycles. The van der Waals surface area contributed by atoms with E-state index in [9.17, 15) is 9.30 Å². The highest BCUT2D eigenvalue weighted by Gasteiger charge is 2.15. The Morgan fingerprint density at radius 1 is 1.20 bits per heavy atom. The third kappa shape index (κ3) is 1.97. The quantitative estimate of drug-likeness (QED) is 0.672. The van der Waals surface area contributed by atoms with Crippen LogP contribution in [0.3, 0.4) is 0 Å². The molecule has 3 aromatic rings. The van der Waals surface area contributed by atoms with Gasteiger partial charge in [-0.1, -0.05) is 31.2 Å². The Bertz CT molecular complexity index is 778. The first-order chi connectivity index (χ1) is 9.72. The van der Waals surface area contributed by atoms with Crippen molar-refractivity contribution in [2.24, 2.45) is 5.18 Å². The minimum atomic E-state index is -0.437. The molecule has 0 N–H and O–H groups in total. The molecule has 0 spiro atoms. The molecule has 3 rings (SSSR count). The minimum absolute atomic E-state index is 0.115. The average Bonchev–Trinajstić information content (AvgIpc) is 2.85. The van der Waals surface area contributed by atoms with Crippen molar-refractivity contribution < 1.29 is 4.39 Å². The number of nitrogens with zero attached hydrogens (tertiary/aromatic N) is 3. The van der Waals surface area contributed by atoms with E-state index in [0.717, 1.165) is 12.0 Å². The highest BCUT2D eigenvalue weighted by molar-refractivity contribution is 5.74. The Hall–Kier alpha value is -2.56. The van der Waals surface area contributed by atoms with Crippen molar-refractivity contribution in [3.05, 3.63) is 58.9 Å². The lowest BCUT2D eigenvalue weighted by Crippen LogP contribution is -1.85. The van der Waals surface area contributed by atoms with E-state index in [-0.39, 0.29) is 5.82 Å². The van der Waals surface area contributed by atoms with E-state index in [1.165, 1.54) is 28.3 Å². The number of aryl methyl sites for hydroxylation is 1. The third-order valence-electron chi connectivity index (χ3n) is 3.28. The summed E-state index contributed by atoms with van der Waals surface area (Å²) in [7, 11) is 0. The van der Waals surface area contributed by atoms with Crippen LogP contribution in [-0.2, 0) is 6.42 Å². The second-order valence-corrected chi connectivity index (χ2v) is 4.50. The first-order valence-electron chi connectivity index (χ1n) is 6.33. The van der Waals surface area contributed by atoms with Gasteiger partial charge in [-0.05, 0) is 29.3 Å². The molecule has 0 bridgehead atoms. The molecule has 0 radical (unpaired) electrons. The van der Waals surface area contributed by atoms with Gasteiger partial charge < -0.3 is 0 Å². The number of rotatable bonds is 3. The predicted molar refractivity (Wildman–Crippen MR) is 75.4 cm³/mol. The number of halogens is 1. The van der Waals surface area contributed by atoms with E-state index in [1.807, 2.05) is 24.3 Å². The van der Waals surface area contributed by atoms with Gasteiger partial charge in [0, 0.05) is 11.8 Å². The summed E-state index contributed by atoms with van der Waals surface area (Å²) in [5.41, 5.74) is 2.95. The summed E-state index contributed by atoms with van der Waals surface area (Å²) in [6.07, 6.45) is 2.15. The van der Waals surface area contributed by atoms with Crippen LogP contribution in [-0.4, -0.2) is 9.38 Å². The molecule has 0 aliphatic carbocycles. The zero-order chi connectivity index (χ0) is 14.1. The van der Waals surface area contributed by atoms with Crippen molar-refractivity contribution in [3.63, 3.8) is 0 Å². The minimum Gasteiger partial charge on any atom is -0.278 e. The van der Waals surface area contributed by atoms with Crippen molar-refractivity contribution >= 4 is 11.5 Å². The Morgan fingerprint density at radius 2 is 1.95 bits per heavy atom. The molecule has 0 unspecified atom stereocenters. The number of aromatic nitrogens is 2. The zero-order valence-corrected chi connectivity index (χ0v) is 10.9. The topological polar surface area (TPSA) is 46.7 Å². The second-order valence-electron chi connectivity index (χ2n) is 4.50. The van der Waals surface area contributed by atoms with Gasteiger partial charge in [-0.2, -0.15) is 0 Å². The number of nitroso groups, excluding NO2 is 1. The molecule has 20 heavy (non-hydrogen) atoms. The predicted octanol–water partition coefficient (Wildman–Crippen LogP) is 4.10. The lowest BCUT2D eigenvalue weighted by molar-refractivity contribution is 0.619. The van der Waals surface area contributed by atoms with E-state index < -0.39 is 5.82 Å². The molecule has 100 valence electrons. The van der Waals surface area contributed by atoms with Crippen LogP contribution in [0.1, 0.15) is 12.5 Å². The molecule has 4 nitrogen and oxygen atoms in total. The van der Waals surface area contributed by atoms with Gasteiger partial charge in [0.05, 0.1) is 0 Å². The zero-order valence-electron chi connectivity index (χ0n) is 10.9. The van der Waals surface area contributed by atoms with Crippen molar-refractivity contribution in [2.75, 3.05) is 0 Å². The van der Waals surface area contributed by atoms with Crippen LogP contribution in [0, 0.1) is 10.7 Å². The van der Waals surface area contributed by atoms with Crippen LogP contribution in [0.2, 0.25) is 0 Å². The second kappa shape index (κ2) is 4.85. The monoisotopic (exact) mass is 269 g/mol. The van der Waals surface area contributed by atoms with Crippen LogP contribution >= 0.6 is 0 Å². The number of imidazole rings is 1. The summed E-state index contributed by atoms with van der Waals surface area (Å²) in [6, 6.07) is 10.6. The van der Waals surface area contributed by atoms with Crippen LogP contribution in [0.5, 0.6) is 0 Å². The van der Waals surface area contributed by atoms with Gasteiger partial charge in [0.25, 0.3) is 0 Å². The summed E-state index contributed by atoms with van der Waals surface area (Å²) in [6.45, 7) is 2.07. The number of hydrogen-bond donors (Lipinski definition) is 0. The Kier molecular flexibility index (Phi) is 3.02. The van der Waals surface area contributed by atoms with E-state index in [0.29, 0.717) is 11.3 Å². The number of fused-ring (bicyclic) bond motifs is 1. The third-order valence-corrected chi connectivity index (χ3v) is 3.28. The highest BCUT2D eigenvalue weighted by atomic mass is 19.1. The molecular formula is C15H12FN3O. The summed E-state index contributed by atoms with van der Waals surface area (Å²) >= 11 is 0. The van der Waals surface area contributed by atoms with Gasteiger partial charge in [0.2, 0.25) is 5.82 Å².